The van der Waals surface area contributed by atoms with E-state index in [0.717, 1.165) is 4.42 Å². The third-order valence-electron chi connectivity index (χ3n) is 3.66. The number of carboxylic acids is 1. The van der Waals surface area contributed by atoms with Crippen molar-refractivity contribution >= 4 is 62.6 Å². The lowest BCUT2D eigenvalue weighted by molar-refractivity contribution is -0.140. The zero-order valence-electron chi connectivity index (χ0n) is 14.4. The molecular formula is C15H19Cl2N5O4S. The minimum atomic E-state index is -4.06. The summed E-state index contributed by atoms with van der Waals surface area (Å²) in [7, 11) is -4.06. The molecule has 148 valence electrons. The minimum Gasteiger partial charge on any atom is -0.480 e. The minimum absolute atomic E-state index is 0. The van der Waals surface area contributed by atoms with Gasteiger partial charge in [0.2, 0.25) is 16.0 Å². The van der Waals surface area contributed by atoms with Crippen LogP contribution in [0.25, 0.3) is 10.8 Å². The fourth-order valence-corrected chi connectivity index (χ4v) is 3.81. The Bertz CT molecular complexity index is 968. The molecule has 1 aromatic heterocycles. The summed E-state index contributed by atoms with van der Waals surface area (Å²) in [6, 6.07) is 2.90. The van der Waals surface area contributed by atoms with E-state index in [2.05, 4.69) is 9.71 Å². The second kappa shape index (κ2) is 8.70. The SMILES string of the molecule is CC(C)[C@@H](NS(=O)(=O)c1ccc2c(N(Cl)C(=N)N)cncc2c1)C(=O)O.Cl. The molecule has 0 aliphatic carbocycles. The topological polar surface area (TPSA) is 149 Å². The highest BCUT2D eigenvalue weighted by Crippen LogP contribution is 2.28. The van der Waals surface area contributed by atoms with Gasteiger partial charge in [0.25, 0.3) is 0 Å². The highest BCUT2D eigenvalue weighted by molar-refractivity contribution is 7.89. The molecule has 9 nitrogen and oxygen atoms in total. The first-order valence-corrected chi connectivity index (χ1v) is 9.29. The molecule has 0 aliphatic rings. The van der Waals surface area contributed by atoms with Crippen LogP contribution >= 0.6 is 24.2 Å². The third kappa shape index (κ3) is 4.98. The quantitative estimate of drug-likeness (QED) is 0.307. The molecule has 0 saturated heterocycles. The van der Waals surface area contributed by atoms with E-state index < -0.39 is 33.9 Å². The van der Waals surface area contributed by atoms with Crippen molar-refractivity contribution < 1.29 is 18.3 Å². The molecule has 0 bridgehead atoms. The Kier molecular flexibility index (Phi) is 7.38. The third-order valence-corrected chi connectivity index (χ3v) is 5.46. The lowest BCUT2D eigenvalue weighted by Crippen LogP contribution is -2.44. The molecule has 0 unspecified atom stereocenters. The smallest absolute Gasteiger partial charge is 0.322 e. The molecule has 2 aromatic rings. The van der Waals surface area contributed by atoms with Crippen molar-refractivity contribution in [2.75, 3.05) is 4.42 Å². The number of carboxylic acid groups (broad SMARTS) is 1. The molecular weight excluding hydrogens is 417 g/mol. The maximum absolute atomic E-state index is 12.5. The van der Waals surface area contributed by atoms with E-state index in [-0.39, 0.29) is 17.3 Å². The molecule has 5 N–H and O–H groups in total. The Hall–Kier alpha value is -2.14. The lowest BCUT2D eigenvalue weighted by atomic mass is 10.1. The maximum atomic E-state index is 12.5. The number of hydrogen-bond acceptors (Lipinski definition) is 5. The summed E-state index contributed by atoms with van der Waals surface area (Å²) in [5, 5.41) is 17.5. The molecule has 0 spiro atoms. The number of halogens is 2. The number of nitrogens with zero attached hydrogens (tertiary/aromatic N) is 2. The van der Waals surface area contributed by atoms with Crippen molar-refractivity contribution in [3.05, 3.63) is 30.6 Å². The average Bonchev–Trinajstić information content (AvgIpc) is 2.57. The van der Waals surface area contributed by atoms with Gasteiger partial charge in [-0.25, -0.2) is 12.8 Å². The Balaban J connectivity index is 0.00000364. The lowest BCUT2D eigenvalue weighted by Gasteiger charge is -2.18. The summed E-state index contributed by atoms with van der Waals surface area (Å²) in [4.78, 5) is 15.1. The van der Waals surface area contributed by atoms with Gasteiger partial charge in [0, 0.05) is 28.7 Å². The standard InChI is InChI=1S/C15H18ClN5O4S.ClH/c1-8(2)13(14(22)23)20-26(24,25)10-3-4-11-9(5-10)6-19-7-12(11)21(16)15(17)18;/h3-8,13,20H,1-2H3,(H3,17,18)(H,22,23);1H/t13-;/m1./s1. The molecule has 0 aliphatic heterocycles. The number of nitrogens with two attached hydrogens (primary N) is 1. The summed E-state index contributed by atoms with van der Waals surface area (Å²) in [5.41, 5.74) is 5.68. The summed E-state index contributed by atoms with van der Waals surface area (Å²) >= 11 is 5.94. The number of guanidine groups is 1. The van der Waals surface area contributed by atoms with Crippen LogP contribution in [-0.2, 0) is 14.8 Å². The molecule has 0 amide bonds. The van der Waals surface area contributed by atoms with Crippen LogP contribution in [0.5, 0.6) is 0 Å². The van der Waals surface area contributed by atoms with Gasteiger partial charge in [-0.2, -0.15) is 4.72 Å². The Labute approximate surface area is 167 Å². The number of hydrogen-bond donors (Lipinski definition) is 4. The largest absolute Gasteiger partial charge is 0.480 e. The van der Waals surface area contributed by atoms with Gasteiger partial charge >= 0.3 is 5.97 Å². The maximum Gasteiger partial charge on any atom is 0.322 e. The molecule has 1 heterocycles. The number of pyridine rings is 1. The number of rotatable bonds is 6. The first kappa shape index (κ1) is 22.9. The highest BCUT2D eigenvalue weighted by Gasteiger charge is 2.28. The summed E-state index contributed by atoms with van der Waals surface area (Å²) in [6.07, 6.45) is 2.82. The van der Waals surface area contributed by atoms with Crippen LogP contribution in [0.15, 0.2) is 35.5 Å². The number of carbonyl (C=O) groups is 1. The predicted molar refractivity (Wildman–Crippen MR) is 106 cm³/mol. The van der Waals surface area contributed by atoms with E-state index in [9.17, 15) is 18.3 Å². The molecule has 1 aromatic carbocycles. The monoisotopic (exact) mass is 435 g/mol. The highest BCUT2D eigenvalue weighted by atomic mass is 35.5. The second-order valence-corrected chi connectivity index (χ2v) is 7.94. The Morgan fingerprint density at radius 3 is 2.52 bits per heavy atom. The number of anilines is 1. The van der Waals surface area contributed by atoms with Crippen LogP contribution in [0.4, 0.5) is 5.69 Å². The van der Waals surface area contributed by atoms with Gasteiger partial charge in [-0.05, 0) is 18.1 Å². The van der Waals surface area contributed by atoms with Crippen LogP contribution in [-0.4, -0.2) is 36.5 Å². The molecule has 1 atom stereocenters. The normalized spacial score (nSPS) is 12.4. The van der Waals surface area contributed by atoms with Crippen LogP contribution in [0.2, 0.25) is 0 Å². The van der Waals surface area contributed by atoms with Gasteiger partial charge in [-0.3, -0.25) is 15.2 Å². The van der Waals surface area contributed by atoms with E-state index in [4.69, 9.17) is 22.9 Å². The van der Waals surface area contributed by atoms with E-state index in [1.807, 2.05) is 0 Å². The molecule has 2 rings (SSSR count). The summed E-state index contributed by atoms with van der Waals surface area (Å²) < 4.78 is 28.2. The van der Waals surface area contributed by atoms with Gasteiger partial charge in [-0.1, -0.05) is 19.9 Å². The van der Waals surface area contributed by atoms with Gasteiger partial charge in [0.1, 0.15) is 6.04 Å². The molecule has 0 saturated carbocycles. The number of benzene rings is 1. The first-order chi connectivity index (χ1) is 12.0. The van der Waals surface area contributed by atoms with E-state index >= 15 is 0 Å². The zero-order chi connectivity index (χ0) is 19.6. The average molecular weight is 436 g/mol. The molecule has 0 fully saturated rings. The Morgan fingerprint density at radius 1 is 1.37 bits per heavy atom. The fraction of sp³-hybridized carbons (Fsp3) is 0.267. The number of aromatic nitrogens is 1. The zero-order valence-corrected chi connectivity index (χ0v) is 16.8. The predicted octanol–water partition coefficient (Wildman–Crippen LogP) is 1.90. The van der Waals surface area contributed by atoms with Gasteiger partial charge < -0.3 is 10.8 Å². The van der Waals surface area contributed by atoms with Crippen LogP contribution in [0, 0.1) is 11.3 Å². The van der Waals surface area contributed by atoms with Gasteiger partial charge in [0.15, 0.2) is 0 Å². The first-order valence-electron chi connectivity index (χ1n) is 7.47. The van der Waals surface area contributed by atoms with Crippen LogP contribution in [0.3, 0.4) is 0 Å². The van der Waals surface area contributed by atoms with E-state index in [1.54, 1.807) is 13.8 Å². The molecule has 0 radical (unpaired) electrons. The summed E-state index contributed by atoms with van der Waals surface area (Å²) in [6.45, 7) is 3.21. The molecule has 27 heavy (non-hydrogen) atoms. The van der Waals surface area contributed by atoms with Crippen molar-refractivity contribution in [3.8, 4) is 0 Å². The van der Waals surface area contributed by atoms with Crippen molar-refractivity contribution in [1.82, 2.24) is 9.71 Å². The number of nitrogens with one attached hydrogen (secondary N) is 2. The second-order valence-electron chi connectivity index (χ2n) is 5.89. The van der Waals surface area contributed by atoms with E-state index in [0.29, 0.717) is 16.5 Å². The number of aliphatic carboxylic acids is 1. The van der Waals surface area contributed by atoms with Crippen LogP contribution < -0.4 is 14.9 Å². The van der Waals surface area contributed by atoms with Crippen LogP contribution in [0.1, 0.15) is 13.8 Å². The number of fused-ring (bicyclic) bond motifs is 1. The van der Waals surface area contributed by atoms with E-state index in [1.165, 1.54) is 30.6 Å². The van der Waals surface area contributed by atoms with Crippen molar-refractivity contribution in [2.24, 2.45) is 11.7 Å². The number of sulfonamides is 1. The van der Waals surface area contributed by atoms with Gasteiger partial charge in [-0.15, -0.1) is 12.4 Å². The summed E-state index contributed by atoms with van der Waals surface area (Å²) in [5.74, 6) is -2.11. The van der Waals surface area contributed by atoms with Crippen molar-refractivity contribution in [2.45, 2.75) is 24.8 Å². The van der Waals surface area contributed by atoms with Gasteiger partial charge in [0.05, 0.1) is 16.8 Å². The Morgan fingerprint density at radius 2 is 2.00 bits per heavy atom. The van der Waals surface area contributed by atoms with Crippen molar-refractivity contribution in [3.63, 3.8) is 0 Å². The fourth-order valence-electron chi connectivity index (χ4n) is 2.30. The van der Waals surface area contributed by atoms with Crippen molar-refractivity contribution in [1.29, 1.82) is 5.41 Å². The molecule has 12 heteroatoms.